The zero-order chi connectivity index (χ0) is 41.4. The van der Waals surface area contributed by atoms with Gasteiger partial charge in [0.15, 0.2) is 0 Å². The maximum absolute atomic E-state index is 4.60. The molecule has 290 valence electrons. The maximum atomic E-state index is 4.60. The van der Waals surface area contributed by atoms with Gasteiger partial charge in [0.1, 0.15) is 0 Å². The quantitative estimate of drug-likeness (QED) is 0.0968. The van der Waals surface area contributed by atoms with Crippen molar-refractivity contribution in [3.63, 3.8) is 0 Å². The molecule has 2 aromatic heterocycles. The molecule has 60 heavy (non-hydrogen) atoms. The lowest BCUT2D eigenvalue weighted by molar-refractivity contribution is 1.09. The Morgan fingerprint density at radius 2 is 1.12 bits per heavy atom. The van der Waals surface area contributed by atoms with Gasteiger partial charge >= 0.3 is 0 Å². The number of hydrogen-bond donors (Lipinski definition) is 0. The molecular formula is C58H48N2. The highest BCUT2D eigenvalue weighted by atomic mass is 15.0. The third kappa shape index (κ3) is 7.82. The van der Waals surface area contributed by atoms with E-state index in [4.69, 9.17) is 0 Å². The number of nitrogens with zero attached hydrogens (tertiary/aromatic N) is 2. The van der Waals surface area contributed by atoms with Gasteiger partial charge in [-0.15, -0.1) is 12.3 Å². The number of allylic oxidation sites excluding steroid dienone is 5. The molecule has 0 unspecified atom stereocenters. The van der Waals surface area contributed by atoms with Gasteiger partial charge in [-0.3, -0.25) is 0 Å². The molecule has 0 saturated heterocycles. The zero-order valence-corrected chi connectivity index (χ0v) is 34.5. The summed E-state index contributed by atoms with van der Waals surface area (Å²) >= 11 is 0. The minimum absolute atomic E-state index is 0.854. The largest absolute Gasteiger partial charge is 0.309 e. The van der Waals surface area contributed by atoms with Crippen LogP contribution in [0.4, 0.5) is 0 Å². The smallest absolute Gasteiger partial charge is 0.0541 e. The van der Waals surface area contributed by atoms with Crippen LogP contribution in [0.25, 0.3) is 78.5 Å². The summed E-state index contributed by atoms with van der Waals surface area (Å²) in [6.07, 6.45) is 16.4. The molecule has 0 aliphatic rings. The monoisotopic (exact) mass is 772 g/mol. The molecule has 0 N–H and O–H groups in total. The lowest BCUT2D eigenvalue weighted by Gasteiger charge is -2.17. The molecule has 0 aliphatic heterocycles. The van der Waals surface area contributed by atoms with Crippen LogP contribution in [0.3, 0.4) is 0 Å². The molecule has 0 spiro atoms. The summed E-state index contributed by atoms with van der Waals surface area (Å²) in [5.74, 6) is 2.25. The van der Waals surface area contributed by atoms with Crippen LogP contribution in [0, 0.1) is 12.3 Å². The maximum Gasteiger partial charge on any atom is 0.0541 e. The zero-order valence-electron chi connectivity index (χ0n) is 34.5. The van der Waals surface area contributed by atoms with Gasteiger partial charge in [0.05, 0.1) is 22.2 Å². The Morgan fingerprint density at radius 1 is 0.600 bits per heavy atom. The molecule has 0 bridgehead atoms. The van der Waals surface area contributed by atoms with Gasteiger partial charge in [-0.05, 0) is 109 Å². The van der Waals surface area contributed by atoms with E-state index in [9.17, 15) is 0 Å². The fourth-order valence-corrected chi connectivity index (χ4v) is 8.29. The highest BCUT2D eigenvalue weighted by Crippen LogP contribution is 2.38. The van der Waals surface area contributed by atoms with Crippen LogP contribution in [0.5, 0.6) is 0 Å². The Morgan fingerprint density at radius 3 is 1.70 bits per heavy atom. The third-order valence-electron chi connectivity index (χ3n) is 11.0. The molecule has 0 aliphatic carbocycles. The van der Waals surface area contributed by atoms with Crippen molar-refractivity contribution >= 4 is 56.0 Å². The fraction of sp³-hybridized carbons (Fsp3) is 0.0690. The Kier molecular flexibility index (Phi) is 11.7. The predicted octanol–water partition coefficient (Wildman–Crippen LogP) is 15.4. The summed E-state index contributed by atoms with van der Waals surface area (Å²) in [5.41, 5.74) is 16.4. The van der Waals surface area contributed by atoms with Crippen molar-refractivity contribution in [1.82, 2.24) is 9.13 Å². The van der Waals surface area contributed by atoms with Gasteiger partial charge in [-0.25, -0.2) is 0 Å². The van der Waals surface area contributed by atoms with E-state index in [0.717, 1.165) is 45.7 Å². The molecule has 9 aromatic rings. The molecular weight excluding hydrogens is 725 g/mol. The molecule has 0 saturated carbocycles. The van der Waals surface area contributed by atoms with Crippen molar-refractivity contribution in [3.8, 4) is 34.8 Å². The second kappa shape index (κ2) is 17.9. The van der Waals surface area contributed by atoms with E-state index in [-0.39, 0.29) is 0 Å². The van der Waals surface area contributed by atoms with E-state index in [1.807, 2.05) is 6.08 Å². The third-order valence-corrected chi connectivity index (χ3v) is 11.0. The highest BCUT2D eigenvalue weighted by molar-refractivity contribution is 6.09. The van der Waals surface area contributed by atoms with Crippen LogP contribution >= 0.6 is 0 Å². The Labute approximate surface area is 354 Å². The van der Waals surface area contributed by atoms with Gasteiger partial charge in [0.2, 0.25) is 0 Å². The van der Waals surface area contributed by atoms with E-state index in [0.29, 0.717) is 0 Å². The summed E-state index contributed by atoms with van der Waals surface area (Å²) in [6, 6.07) is 63.6. The second-order valence-corrected chi connectivity index (χ2v) is 14.9. The fourth-order valence-electron chi connectivity index (χ4n) is 8.29. The molecule has 2 heterocycles. The van der Waals surface area contributed by atoms with Gasteiger partial charge in [-0.1, -0.05) is 170 Å². The summed E-state index contributed by atoms with van der Waals surface area (Å²) < 4.78 is 4.81. The molecule has 2 heteroatoms. The van der Waals surface area contributed by atoms with Crippen LogP contribution in [-0.4, -0.2) is 9.13 Å². The molecule has 7 aromatic carbocycles. The van der Waals surface area contributed by atoms with Crippen LogP contribution in [0.1, 0.15) is 48.7 Å². The van der Waals surface area contributed by atoms with E-state index >= 15 is 0 Å². The second-order valence-electron chi connectivity index (χ2n) is 14.9. The number of para-hydroxylation sites is 3. The molecule has 0 atom stereocenters. The number of hydrogen-bond acceptors (Lipinski definition) is 0. The minimum Gasteiger partial charge on any atom is -0.309 e. The van der Waals surface area contributed by atoms with E-state index < -0.39 is 0 Å². The van der Waals surface area contributed by atoms with E-state index in [1.54, 1.807) is 6.92 Å². The number of terminal acetylenes is 1. The van der Waals surface area contributed by atoms with Crippen molar-refractivity contribution in [2.45, 2.75) is 27.2 Å². The summed E-state index contributed by atoms with van der Waals surface area (Å²) in [4.78, 5) is 0. The number of benzene rings is 7. The molecule has 0 fully saturated rings. The SMILES string of the molecule is C#CC.C=Cc1c(/C=C\C)n(-c2cc(-c3ccc(C(/C=C(\C)c4ccccc4)=C/Cc4ccccc4)cc3)cc(-n3c4ccccc4c4ccccc43)c2)c2ccccc12. The highest BCUT2D eigenvalue weighted by Gasteiger charge is 2.18. The average molecular weight is 773 g/mol. The summed E-state index contributed by atoms with van der Waals surface area (Å²) in [6.45, 7) is 10.2. The molecule has 9 rings (SSSR count). The number of aromatic nitrogens is 2. The van der Waals surface area contributed by atoms with Gasteiger partial charge < -0.3 is 9.13 Å². The first-order chi connectivity index (χ1) is 29.5. The summed E-state index contributed by atoms with van der Waals surface area (Å²) in [5, 5.41) is 3.67. The Bertz CT molecular complexity index is 3030. The molecule has 0 amide bonds. The van der Waals surface area contributed by atoms with Crippen molar-refractivity contribution in [1.29, 1.82) is 0 Å². The van der Waals surface area contributed by atoms with Crippen molar-refractivity contribution in [2.75, 3.05) is 0 Å². The van der Waals surface area contributed by atoms with Gasteiger partial charge in [0.25, 0.3) is 0 Å². The van der Waals surface area contributed by atoms with Crippen molar-refractivity contribution in [3.05, 3.63) is 229 Å². The van der Waals surface area contributed by atoms with Crippen molar-refractivity contribution < 1.29 is 0 Å². The first-order valence-electron chi connectivity index (χ1n) is 20.5. The number of fused-ring (bicyclic) bond motifs is 4. The molecule has 0 radical (unpaired) electrons. The normalized spacial score (nSPS) is 11.8. The van der Waals surface area contributed by atoms with E-state index in [2.05, 4.69) is 242 Å². The summed E-state index contributed by atoms with van der Waals surface area (Å²) in [7, 11) is 0. The van der Waals surface area contributed by atoms with Crippen LogP contribution in [0.15, 0.2) is 201 Å². The predicted molar refractivity (Wildman–Crippen MR) is 261 cm³/mol. The average Bonchev–Trinajstić information content (AvgIpc) is 3.81. The standard InChI is InChI=1S/C55H44N2.C3H4/c1-4-18-52-48(5-2)49-23-12-15-26-53(49)56(52)46-36-45(37-47(38-46)57-54-27-16-13-24-50(54)51-25-14-17-28-55(51)57)43-33-31-42(32-34-43)44(30-29-40-19-8-6-9-20-40)35-39(3)41-21-10-7-11-22-41;1-3-2/h4-28,30-38H,2,29H2,1,3H3;1H,2H3/b18-4-,39-35+,44-30+;. The number of rotatable bonds is 10. The topological polar surface area (TPSA) is 9.86 Å². The lowest BCUT2D eigenvalue weighted by atomic mass is 9.95. The van der Waals surface area contributed by atoms with E-state index in [1.165, 1.54) is 55.0 Å². The van der Waals surface area contributed by atoms with Gasteiger partial charge in [0, 0.05) is 33.1 Å². The molecule has 2 nitrogen and oxygen atoms in total. The first-order valence-corrected chi connectivity index (χ1v) is 20.5. The Balaban J connectivity index is 0.00000162. The van der Waals surface area contributed by atoms with Gasteiger partial charge in [-0.2, -0.15) is 0 Å². The van der Waals surface area contributed by atoms with Crippen LogP contribution in [-0.2, 0) is 6.42 Å². The lowest BCUT2D eigenvalue weighted by Crippen LogP contribution is -2.02. The van der Waals surface area contributed by atoms with Crippen LogP contribution < -0.4 is 0 Å². The van der Waals surface area contributed by atoms with Crippen LogP contribution in [0.2, 0.25) is 0 Å². The van der Waals surface area contributed by atoms with Crippen molar-refractivity contribution in [2.24, 2.45) is 0 Å². The Hall–Kier alpha value is -7.60. The first kappa shape index (κ1) is 39.2. The minimum atomic E-state index is 0.854.